The van der Waals surface area contributed by atoms with Gasteiger partial charge < -0.3 is 4.57 Å². The van der Waals surface area contributed by atoms with Crippen LogP contribution < -0.4 is 15.6 Å². The number of hydrogen-bond donors (Lipinski definition) is 3. The lowest BCUT2D eigenvalue weighted by Gasteiger charge is -2.10. The fourth-order valence-corrected chi connectivity index (χ4v) is 4.32. The number of nitrogens with zero attached hydrogens (tertiary/aromatic N) is 2. The first-order valence-electron chi connectivity index (χ1n) is 10.0. The first kappa shape index (κ1) is 22.0. The molecular weight excluding hydrogens is 442 g/mol. The van der Waals surface area contributed by atoms with Crippen molar-refractivity contribution in [2.75, 3.05) is 4.72 Å². The molecule has 168 valence electrons. The van der Waals surface area contributed by atoms with Gasteiger partial charge in [0.2, 0.25) is 5.91 Å². The third kappa shape index (κ3) is 5.01. The van der Waals surface area contributed by atoms with E-state index in [-0.39, 0.29) is 16.9 Å². The largest absolute Gasteiger partial charge is 0.331 e. The molecule has 0 bridgehead atoms. The second kappa shape index (κ2) is 9.13. The number of rotatable bonds is 6. The molecule has 1 heterocycles. The molecule has 4 aromatic rings. The minimum absolute atomic E-state index is 0.00827. The molecule has 0 unspecified atom stereocenters. The highest BCUT2D eigenvalue weighted by atomic mass is 32.2. The van der Waals surface area contributed by atoms with Crippen molar-refractivity contribution in [3.63, 3.8) is 0 Å². The Kier molecular flexibility index (Phi) is 6.09. The second-order valence-corrected chi connectivity index (χ2v) is 8.93. The maximum absolute atomic E-state index is 12.4. The molecule has 0 atom stereocenters. The van der Waals surface area contributed by atoms with Crippen LogP contribution in [0.25, 0.3) is 11.0 Å². The zero-order valence-corrected chi connectivity index (χ0v) is 18.5. The lowest BCUT2D eigenvalue weighted by molar-refractivity contribution is -0.121. The molecular formula is C23H21N5O4S. The molecule has 33 heavy (non-hydrogen) atoms. The number of amides is 2. The number of fused-ring (bicyclic) bond motifs is 1. The van der Waals surface area contributed by atoms with Crippen LogP contribution in [0.15, 0.2) is 83.8 Å². The predicted octanol–water partition coefficient (Wildman–Crippen LogP) is 2.38. The van der Waals surface area contributed by atoms with Gasteiger partial charge in [0, 0.05) is 18.3 Å². The molecule has 0 radical (unpaired) electrons. The molecule has 0 spiro atoms. The summed E-state index contributed by atoms with van der Waals surface area (Å²) in [6, 6.07) is 21.4. The fourth-order valence-electron chi connectivity index (χ4n) is 3.24. The quantitative estimate of drug-likeness (QED) is 0.379. The van der Waals surface area contributed by atoms with Crippen LogP contribution in [0.2, 0.25) is 0 Å². The van der Waals surface area contributed by atoms with Gasteiger partial charge in [-0.2, -0.15) is 0 Å². The van der Waals surface area contributed by atoms with Crippen molar-refractivity contribution < 1.29 is 18.0 Å². The van der Waals surface area contributed by atoms with Gasteiger partial charge in [-0.1, -0.05) is 30.3 Å². The number of sulfonamides is 1. The molecule has 9 nitrogen and oxygen atoms in total. The van der Waals surface area contributed by atoms with Gasteiger partial charge >= 0.3 is 0 Å². The third-order valence-corrected chi connectivity index (χ3v) is 6.36. The van der Waals surface area contributed by atoms with Crippen molar-refractivity contribution in [2.24, 2.45) is 7.05 Å². The summed E-state index contributed by atoms with van der Waals surface area (Å²) in [5.74, 6) is -0.391. The Labute approximate surface area is 190 Å². The van der Waals surface area contributed by atoms with E-state index in [0.29, 0.717) is 11.5 Å². The predicted molar refractivity (Wildman–Crippen MR) is 124 cm³/mol. The first-order valence-corrected chi connectivity index (χ1v) is 11.5. The molecule has 0 aliphatic carbocycles. The van der Waals surface area contributed by atoms with Crippen LogP contribution in [0.3, 0.4) is 0 Å². The zero-order valence-electron chi connectivity index (χ0n) is 17.6. The molecule has 0 aliphatic heterocycles. The van der Waals surface area contributed by atoms with Crippen molar-refractivity contribution in [3.05, 3.63) is 90.3 Å². The van der Waals surface area contributed by atoms with Crippen molar-refractivity contribution in [1.29, 1.82) is 0 Å². The number of benzene rings is 3. The van der Waals surface area contributed by atoms with Crippen LogP contribution >= 0.6 is 0 Å². The van der Waals surface area contributed by atoms with Crippen molar-refractivity contribution in [3.8, 4) is 0 Å². The first-order chi connectivity index (χ1) is 15.8. The molecule has 0 aliphatic rings. The van der Waals surface area contributed by atoms with Crippen LogP contribution in [0.4, 0.5) is 5.69 Å². The Hall–Kier alpha value is -4.18. The van der Waals surface area contributed by atoms with Crippen LogP contribution in [0, 0.1) is 0 Å². The SMILES string of the molecule is Cn1c(CC(=O)NNC(=O)c2ccc(NS(=O)(=O)c3ccccc3)cc2)nc2ccccc21. The van der Waals surface area contributed by atoms with Gasteiger partial charge in [-0.15, -0.1) is 0 Å². The Morgan fingerprint density at radius 2 is 1.55 bits per heavy atom. The number of nitrogens with one attached hydrogen (secondary N) is 3. The van der Waals surface area contributed by atoms with Crippen molar-refractivity contribution in [1.82, 2.24) is 20.4 Å². The number of hydrazine groups is 1. The summed E-state index contributed by atoms with van der Waals surface area (Å²) >= 11 is 0. The van der Waals surface area contributed by atoms with E-state index >= 15 is 0 Å². The van der Waals surface area contributed by atoms with Crippen LogP contribution in [0.5, 0.6) is 0 Å². The smallest absolute Gasteiger partial charge is 0.269 e. The molecule has 2 amide bonds. The molecule has 0 saturated carbocycles. The van der Waals surface area contributed by atoms with Crippen LogP contribution in [-0.4, -0.2) is 29.8 Å². The van der Waals surface area contributed by atoms with E-state index in [1.807, 2.05) is 35.9 Å². The second-order valence-electron chi connectivity index (χ2n) is 7.25. The summed E-state index contributed by atoms with van der Waals surface area (Å²) in [7, 11) is -1.90. The number of para-hydroxylation sites is 2. The van der Waals surface area contributed by atoms with Gasteiger partial charge in [-0.05, 0) is 48.5 Å². The van der Waals surface area contributed by atoms with E-state index in [1.165, 1.54) is 36.4 Å². The monoisotopic (exact) mass is 463 g/mol. The third-order valence-electron chi connectivity index (χ3n) is 4.97. The Morgan fingerprint density at radius 1 is 0.879 bits per heavy atom. The van der Waals surface area contributed by atoms with Crippen LogP contribution in [0.1, 0.15) is 16.2 Å². The van der Waals surface area contributed by atoms with Gasteiger partial charge in [0.05, 0.1) is 22.3 Å². The fraction of sp³-hybridized carbons (Fsp3) is 0.0870. The zero-order chi connectivity index (χ0) is 23.4. The van der Waals surface area contributed by atoms with Gasteiger partial charge in [0.1, 0.15) is 5.82 Å². The highest BCUT2D eigenvalue weighted by molar-refractivity contribution is 7.92. The molecule has 4 rings (SSSR count). The lowest BCUT2D eigenvalue weighted by atomic mass is 10.2. The Bertz CT molecular complexity index is 1410. The minimum atomic E-state index is -3.73. The topological polar surface area (TPSA) is 122 Å². The van der Waals surface area contributed by atoms with Crippen LogP contribution in [-0.2, 0) is 28.3 Å². The number of aryl methyl sites for hydroxylation is 1. The number of hydrogen-bond acceptors (Lipinski definition) is 5. The normalized spacial score (nSPS) is 11.2. The molecule has 0 fully saturated rings. The van der Waals surface area contributed by atoms with E-state index < -0.39 is 21.8 Å². The summed E-state index contributed by atoms with van der Waals surface area (Å²) in [4.78, 5) is 29.2. The van der Waals surface area contributed by atoms with Gasteiger partial charge in [-0.25, -0.2) is 13.4 Å². The van der Waals surface area contributed by atoms with Gasteiger partial charge in [0.25, 0.3) is 15.9 Å². The van der Waals surface area contributed by atoms with Gasteiger partial charge in [-0.3, -0.25) is 25.2 Å². The Balaban J connectivity index is 1.34. The molecule has 10 heteroatoms. The average molecular weight is 464 g/mol. The van der Waals surface area contributed by atoms with E-state index in [0.717, 1.165) is 11.0 Å². The maximum Gasteiger partial charge on any atom is 0.269 e. The van der Waals surface area contributed by atoms with Crippen molar-refractivity contribution in [2.45, 2.75) is 11.3 Å². The average Bonchev–Trinajstić information content (AvgIpc) is 3.13. The Morgan fingerprint density at radius 3 is 2.24 bits per heavy atom. The van der Waals surface area contributed by atoms with E-state index in [1.54, 1.807) is 18.2 Å². The summed E-state index contributed by atoms with van der Waals surface area (Å²) in [5.41, 5.74) is 6.98. The summed E-state index contributed by atoms with van der Waals surface area (Å²) < 4.78 is 29.0. The molecule has 3 N–H and O–H groups in total. The highest BCUT2D eigenvalue weighted by Gasteiger charge is 2.15. The van der Waals surface area contributed by atoms with E-state index in [2.05, 4.69) is 20.6 Å². The summed E-state index contributed by atoms with van der Waals surface area (Å²) in [5, 5.41) is 0. The summed E-state index contributed by atoms with van der Waals surface area (Å²) in [6.45, 7) is 0. The molecule has 3 aromatic carbocycles. The van der Waals surface area contributed by atoms with Crippen molar-refractivity contribution >= 4 is 38.6 Å². The van der Waals surface area contributed by atoms with E-state index in [9.17, 15) is 18.0 Å². The van der Waals surface area contributed by atoms with Gasteiger partial charge in [0.15, 0.2) is 0 Å². The highest BCUT2D eigenvalue weighted by Crippen LogP contribution is 2.17. The lowest BCUT2D eigenvalue weighted by Crippen LogP contribution is -2.42. The maximum atomic E-state index is 12.4. The summed E-state index contributed by atoms with van der Waals surface area (Å²) in [6.07, 6.45) is -0.00827. The molecule has 0 saturated heterocycles. The number of carbonyl (C=O) groups excluding carboxylic acids is 2. The number of anilines is 1. The minimum Gasteiger partial charge on any atom is -0.331 e. The standard InChI is InChI=1S/C23H21N5O4S/c1-28-20-10-6-5-9-19(20)24-21(28)15-22(29)25-26-23(30)16-11-13-17(14-12-16)27-33(31,32)18-7-3-2-4-8-18/h2-14,27H,15H2,1H3,(H,25,29)(H,26,30). The number of aromatic nitrogens is 2. The van der Waals surface area contributed by atoms with E-state index in [4.69, 9.17) is 0 Å². The number of imidazole rings is 1. The number of carbonyl (C=O) groups is 2. The molecule has 1 aromatic heterocycles.